The lowest BCUT2D eigenvalue weighted by Gasteiger charge is -2.26. The van der Waals surface area contributed by atoms with Crippen molar-refractivity contribution >= 4 is 18.3 Å². The number of nitrogens with one attached hydrogen (secondary N) is 2. The number of para-hydroxylation sites is 1. The van der Waals surface area contributed by atoms with E-state index in [2.05, 4.69) is 10.6 Å². The van der Waals surface area contributed by atoms with E-state index in [0.29, 0.717) is 6.42 Å². The van der Waals surface area contributed by atoms with Crippen LogP contribution in [0, 0.1) is 5.41 Å². The molecule has 1 fully saturated rings. The van der Waals surface area contributed by atoms with Gasteiger partial charge in [-0.25, -0.2) is 0 Å². The molecule has 0 aromatic heterocycles. The Morgan fingerprint density at radius 2 is 2.14 bits per heavy atom. The molecule has 4 nitrogen and oxygen atoms in total. The van der Waals surface area contributed by atoms with Gasteiger partial charge in [-0.15, -0.1) is 12.4 Å². The van der Waals surface area contributed by atoms with Gasteiger partial charge < -0.3 is 15.4 Å². The second-order valence-electron chi connectivity index (χ2n) is 6.04. The van der Waals surface area contributed by atoms with E-state index >= 15 is 0 Å². The fourth-order valence-electron chi connectivity index (χ4n) is 2.56. The predicted octanol–water partition coefficient (Wildman–Crippen LogP) is 2.16. The molecule has 1 aromatic carbocycles. The first-order chi connectivity index (χ1) is 9.53. The Morgan fingerprint density at radius 1 is 1.43 bits per heavy atom. The molecule has 1 aliphatic heterocycles. The lowest BCUT2D eigenvalue weighted by atomic mass is 9.84. The average molecular weight is 313 g/mol. The molecule has 0 radical (unpaired) electrons. The molecule has 1 heterocycles. The Balaban J connectivity index is 0.00000220. The van der Waals surface area contributed by atoms with Crippen LogP contribution in [-0.2, 0) is 11.2 Å². The SMILES string of the molecule is COc1ccccc1CC(C)(C)C(=O)NC1CCNC1.Cl. The first-order valence-electron chi connectivity index (χ1n) is 7.16. The molecule has 1 amide bonds. The smallest absolute Gasteiger partial charge is 0.226 e. The highest BCUT2D eigenvalue weighted by molar-refractivity contribution is 5.85. The number of halogens is 1. The van der Waals surface area contributed by atoms with E-state index in [1.54, 1.807) is 7.11 Å². The van der Waals surface area contributed by atoms with Crippen molar-refractivity contribution in [3.8, 4) is 5.75 Å². The van der Waals surface area contributed by atoms with E-state index in [0.717, 1.165) is 30.8 Å². The zero-order valence-electron chi connectivity index (χ0n) is 12.9. The molecule has 1 aromatic rings. The average Bonchev–Trinajstić information content (AvgIpc) is 2.92. The number of carbonyl (C=O) groups is 1. The van der Waals surface area contributed by atoms with Gasteiger partial charge in [0.15, 0.2) is 0 Å². The van der Waals surface area contributed by atoms with Crippen LogP contribution in [0.4, 0.5) is 0 Å². The third-order valence-electron chi connectivity index (χ3n) is 3.84. The first kappa shape index (κ1) is 17.8. The van der Waals surface area contributed by atoms with Crippen molar-refractivity contribution in [2.75, 3.05) is 20.2 Å². The molecular weight excluding hydrogens is 288 g/mol. The van der Waals surface area contributed by atoms with Crippen LogP contribution in [-0.4, -0.2) is 32.1 Å². The minimum Gasteiger partial charge on any atom is -0.496 e. The van der Waals surface area contributed by atoms with Gasteiger partial charge in [0, 0.05) is 18.0 Å². The minimum atomic E-state index is -0.447. The Morgan fingerprint density at radius 3 is 2.76 bits per heavy atom. The molecule has 2 N–H and O–H groups in total. The fourth-order valence-corrected chi connectivity index (χ4v) is 2.56. The molecule has 1 saturated heterocycles. The van der Waals surface area contributed by atoms with E-state index in [1.807, 2.05) is 38.1 Å². The Kier molecular flexibility index (Phi) is 6.49. The quantitative estimate of drug-likeness (QED) is 0.876. The van der Waals surface area contributed by atoms with Gasteiger partial charge in [0.25, 0.3) is 0 Å². The lowest BCUT2D eigenvalue weighted by molar-refractivity contribution is -0.129. The van der Waals surface area contributed by atoms with Crippen molar-refractivity contribution in [3.63, 3.8) is 0 Å². The maximum atomic E-state index is 12.4. The van der Waals surface area contributed by atoms with Crippen molar-refractivity contribution < 1.29 is 9.53 Å². The first-order valence-corrected chi connectivity index (χ1v) is 7.16. The summed E-state index contributed by atoms with van der Waals surface area (Å²) in [6.07, 6.45) is 1.68. The largest absolute Gasteiger partial charge is 0.496 e. The van der Waals surface area contributed by atoms with Crippen LogP contribution in [0.3, 0.4) is 0 Å². The van der Waals surface area contributed by atoms with Gasteiger partial charge in [0.2, 0.25) is 5.91 Å². The number of methoxy groups -OCH3 is 1. The van der Waals surface area contributed by atoms with Crippen LogP contribution in [0.1, 0.15) is 25.8 Å². The van der Waals surface area contributed by atoms with Crippen LogP contribution in [0.5, 0.6) is 5.75 Å². The summed E-state index contributed by atoms with van der Waals surface area (Å²) in [4.78, 5) is 12.4. The number of hydrogen-bond donors (Lipinski definition) is 2. The van der Waals surface area contributed by atoms with E-state index in [-0.39, 0.29) is 24.4 Å². The van der Waals surface area contributed by atoms with Gasteiger partial charge in [-0.05, 0) is 31.0 Å². The summed E-state index contributed by atoms with van der Waals surface area (Å²) >= 11 is 0. The van der Waals surface area contributed by atoms with E-state index in [4.69, 9.17) is 4.74 Å². The molecule has 0 saturated carbocycles. The third kappa shape index (κ3) is 4.61. The highest BCUT2D eigenvalue weighted by Crippen LogP contribution is 2.28. The monoisotopic (exact) mass is 312 g/mol. The van der Waals surface area contributed by atoms with E-state index in [9.17, 15) is 4.79 Å². The molecule has 1 unspecified atom stereocenters. The maximum absolute atomic E-state index is 12.4. The second kappa shape index (κ2) is 7.66. The highest BCUT2D eigenvalue weighted by Gasteiger charge is 2.31. The van der Waals surface area contributed by atoms with Gasteiger partial charge in [-0.3, -0.25) is 4.79 Å². The van der Waals surface area contributed by atoms with E-state index in [1.165, 1.54) is 0 Å². The van der Waals surface area contributed by atoms with Gasteiger partial charge in [0.05, 0.1) is 7.11 Å². The number of benzene rings is 1. The van der Waals surface area contributed by atoms with Gasteiger partial charge in [0.1, 0.15) is 5.75 Å². The normalized spacial score (nSPS) is 18.0. The Hall–Kier alpha value is -1.26. The summed E-state index contributed by atoms with van der Waals surface area (Å²) in [5, 5.41) is 6.40. The Bertz CT molecular complexity index is 471. The number of hydrogen-bond acceptors (Lipinski definition) is 3. The summed E-state index contributed by atoms with van der Waals surface area (Å²) in [5.74, 6) is 0.952. The summed E-state index contributed by atoms with van der Waals surface area (Å²) < 4.78 is 5.36. The van der Waals surface area contributed by atoms with Crippen molar-refractivity contribution in [1.29, 1.82) is 0 Å². The fraction of sp³-hybridized carbons (Fsp3) is 0.562. The molecule has 0 aliphatic carbocycles. The molecule has 1 aliphatic rings. The van der Waals surface area contributed by atoms with Gasteiger partial charge in [-0.2, -0.15) is 0 Å². The third-order valence-corrected chi connectivity index (χ3v) is 3.84. The van der Waals surface area contributed by atoms with Crippen molar-refractivity contribution in [1.82, 2.24) is 10.6 Å². The lowest BCUT2D eigenvalue weighted by Crippen LogP contribution is -2.44. The van der Waals surface area contributed by atoms with Crippen LogP contribution in [0.15, 0.2) is 24.3 Å². The predicted molar refractivity (Wildman–Crippen MR) is 87.1 cm³/mol. The summed E-state index contributed by atoms with van der Waals surface area (Å²) in [6, 6.07) is 8.14. The molecule has 0 spiro atoms. The van der Waals surface area contributed by atoms with Crippen molar-refractivity contribution in [2.45, 2.75) is 32.7 Å². The molecule has 2 rings (SSSR count). The second-order valence-corrected chi connectivity index (χ2v) is 6.04. The molecule has 0 bridgehead atoms. The molecule has 5 heteroatoms. The molecule has 21 heavy (non-hydrogen) atoms. The summed E-state index contributed by atoms with van der Waals surface area (Å²) in [7, 11) is 1.66. The van der Waals surface area contributed by atoms with E-state index < -0.39 is 5.41 Å². The maximum Gasteiger partial charge on any atom is 0.226 e. The van der Waals surface area contributed by atoms with Crippen molar-refractivity contribution in [3.05, 3.63) is 29.8 Å². The van der Waals surface area contributed by atoms with Crippen LogP contribution in [0.2, 0.25) is 0 Å². The minimum absolute atomic E-state index is 0. The Labute approximate surface area is 133 Å². The molecule has 1 atom stereocenters. The molecule has 118 valence electrons. The number of amides is 1. The van der Waals surface area contributed by atoms with Crippen molar-refractivity contribution in [2.24, 2.45) is 5.41 Å². The zero-order chi connectivity index (χ0) is 14.6. The summed E-state index contributed by atoms with van der Waals surface area (Å²) in [5.41, 5.74) is 0.622. The zero-order valence-corrected chi connectivity index (χ0v) is 13.8. The standard InChI is InChI=1S/C16H24N2O2.ClH/c1-16(2,15(19)18-13-8-9-17-11-13)10-12-6-4-5-7-14(12)20-3;/h4-7,13,17H,8-11H2,1-3H3,(H,18,19);1H. The number of carbonyl (C=O) groups excluding carboxylic acids is 1. The van der Waals surface area contributed by atoms with Crippen LogP contribution >= 0.6 is 12.4 Å². The summed E-state index contributed by atoms with van der Waals surface area (Å²) in [6.45, 7) is 5.82. The van der Waals surface area contributed by atoms with Crippen LogP contribution < -0.4 is 15.4 Å². The molecular formula is C16H25ClN2O2. The van der Waals surface area contributed by atoms with Gasteiger partial charge in [-0.1, -0.05) is 32.0 Å². The number of rotatable bonds is 5. The topological polar surface area (TPSA) is 50.4 Å². The van der Waals surface area contributed by atoms with Gasteiger partial charge >= 0.3 is 0 Å². The highest BCUT2D eigenvalue weighted by atomic mass is 35.5. The van der Waals surface area contributed by atoms with Crippen LogP contribution in [0.25, 0.3) is 0 Å². The number of ether oxygens (including phenoxy) is 1.